The lowest BCUT2D eigenvalue weighted by Crippen LogP contribution is -2.07. The van der Waals surface area contributed by atoms with Crippen LogP contribution in [0.2, 0.25) is 0 Å². The maximum absolute atomic E-state index is 11.6. The van der Waals surface area contributed by atoms with Crippen molar-refractivity contribution in [3.8, 4) is 0 Å². The molecule has 1 atom stereocenters. The minimum Gasteiger partial charge on any atom is -0.431 e. The van der Waals surface area contributed by atoms with Crippen molar-refractivity contribution in [3.05, 3.63) is 23.2 Å². The Labute approximate surface area is 150 Å². The SMILES string of the molecule is CCC(=O)O/C(=C/C=N)CC(C)C=N/C(N=CC(C)C)=C(/C)C(C)=O. The highest BCUT2D eigenvalue weighted by Crippen LogP contribution is 2.14. The summed E-state index contributed by atoms with van der Waals surface area (Å²) in [5, 5.41) is 7.16. The van der Waals surface area contributed by atoms with Crippen molar-refractivity contribution in [2.75, 3.05) is 0 Å². The number of ether oxygens (including phenoxy) is 1. The summed E-state index contributed by atoms with van der Waals surface area (Å²) in [6.07, 6.45) is 6.65. The van der Waals surface area contributed by atoms with Crippen LogP contribution >= 0.6 is 0 Å². The zero-order chi connectivity index (χ0) is 19.4. The van der Waals surface area contributed by atoms with Crippen LogP contribution in [0.4, 0.5) is 0 Å². The topological polar surface area (TPSA) is 91.9 Å². The van der Waals surface area contributed by atoms with Gasteiger partial charge < -0.3 is 10.1 Å². The van der Waals surface area contributed by atoms with Gasteiger partial charge in [0.15, 0.2) is 11.6 Å². The Morgan fingerprint density at radius 2 is 1.72 bits per heavy atom. The van der Waals surface area contributed by atoms with E-state index in [-0.39, 0.29) is 30.0 Å². The van der Waals surface area contributed by atoms with Gasteiger partial charge in [-0.15, -0.1) is 0 Å². The Hall–Kier alpha value is -2.37. The molecule has 0 aromatic heterocycles. The van der Waals surface area contributed by atoms with E-state index in [1.165, 1.54) is 13.0 Å². The number of esters is 1. The minimum atomic E-state index is -0.341. The fourth-order valence-electron chi connectivity index (χ4n) is 1.63. The van der Waals surface area contributed by atoms with Gasteiger partial charge in [0.25, 0.3) is 0 Å². The molecule has 0 aliphatic carbocycles. The number of ketones is 1. The van der Waals surface area contributed by atoms with Gasteiger partial charge in [-0.1, -0.05) is 27.7 Å². The van der Waals surface area contributed by atoms with E-state index < -0.39 is 0 Å². The number of nitrogens with zero attached hydrogens (tertiary/aromatic N) is 2. The monoisotopic (exact) mass is 347 g/mol. The average Bonchev–Trinajstić information content (AvgIpc) is 2.53. The molecule has 138 valence electrons. The van der Waals surface area contributed by atoms with E-state index in [4.69, 9.17) is 10.1 Å². The zero-order valence-corrected chi connectivity index (χ0v) is 16.0. The molecule has 0 aromatic carbocycles. The summed E-state index contributed by atoms with van der Waals surface area (Å²) in [6, 6.07) is 0. The molecule has 25 heavy (non-hydrogen) atoms. The summed E-state index contributed by atoms with van der Waals surface area (Å²) in [5.41, 5.74) is 0.494. The van der Waals surface area contributed by atoms with Crippen LogP contribution in [-0.4, -0.2) is 30.4 Å². The summed E-state index contributed by atoms with van der Waals surface area (Å²) < 4.78 is 5.20. The molecule has 0 spiro atoms. The number of allylic oxidation sites excluding steroid dienone is 3. The Morgan fingerprint density at radius 3 is 2.20 bits per heavy atom. The highest BCUT2D eigenvalue weighted by Gasteiger charge is 2.10. The van der Waals surface area contributed by atoms with Gasteiger partial charge >= 0.3 is 5.97 Å². The van der Waals surface area contributed by atoms with Crippen molar-refractivity contribution in [1.29, 1.82) is 5.41 Å². The second-order valence-electron chi connectivity index (χ2n) is 6.11. The molecule has 0 rings (SSSR count). The first-order valence-corrected chi connectivity index (χ1v) is 8.41. The van der Waals surface area contributed by atoms with Gasteiger partial charge in [0.2, 0.25) is 0 Å². The number of aliphatic imine (C=N–C) groups is 2. The fraction of sp³-hybridized carbons (Fsp3) is 0.526. The molecule has 6 heteroatoms. The molecule has 0 aliphatic heterocycles. The first-order valence-electron chi connectivity index (χ1n) is 8.41. The summed E-state index contributed by atoms with van der Waals surface area (Å²) in [5.74, 6) is 0.572. The van der Waals surface area contributed by atoms with Gasteiger partial charge in [0.1, 0.15) is 5.76 Å². The maximum Gasteiger partial charge on any atom is 0.310 e. The molecular weight excluding hydrogens is 318 g/mol. The van der Waals surface area contributed by atoms with Crippen LogP contribution < -0.4 is 0 Å². The van der Waals surface area contributed by atoms with Gasteiger partial charge in [0, 0.05) is 37.1 Å². The molecule has 0 amide bonds. The summed E-state index contributed by atoms with van der Waals surface area (Å²) in [7, 11) is 0. The number of rotatable bonds is 10. The van der Waals surface area contributed by atoms with Crippen molar-refractivity contribution < 1.29 is 14.3 Å². The van der Waals surface area contributed by atoms with E-state index in [0.29, 0.717) is 23.6 Å². The van der Waals surface area contributed by atoms with Crippen LogP contribution in [0.25, 0.3) is 0 Å². The second kappa shape index (κ2) is 12.1. The predicted molar refractivity (Wildman–Crippen MR) is 102 cm³/mol. The molecule has 0 saturated heterocycles. The van der Waals surface area contributed by atoms with Crippen LogP contribution in [0.5, 0.6) is 0 Å². The molecule has 1 N–H and O–H groups in total. The highest BCUT2D eigenvalue weighted by atomic mass is 16.5. The van der Waals surface area contributed by atoms with Crippen molar-refractivity contribution in [1.82, 2.24) is 0 Å². The fourth-order valence-corrected chi connectivity index (χ4v) is 1.63. The summed E-state index contributed by atoms with van der Waals surface area (Å²) in [4.78, 5) is 31.7. The third kappa shape index (κ3) is 10.2. The molecule has 0 radical (unpaired) electrons. The molecule has 0 bridgehead atoms. The van der Waals surface area contributed by atoms with Crippen molar-refractivity contribution in [2.45, 2.75) is 54.4 Å². The normalized spacial score (nSPS) is 14.8. The third-order valence-electron chi connectivity index (χ3n) is 3.14. The number of carbonyl (C=O) groups is 2. The lowest BCUT2D eigenvalue weighted by atomic mass is 10.1. The van der Waals surface area contributed by atoms with E-state index in [1.54, 1.807) is 26.3 Å². The second-order valence-corrected chi connectivity index (χ2v) is 6.11. The molecule has 1 unspecified atom stereocenters. The van der Waals surface area contributed by atoms with E-state index >= 15 is 0 Å². The zero-order valence-electron chi connectivity index (χ0n) is 16.0. The van der Waals surface area contributed by atoms with Crippen LogP contribution in [0.15, 0.2) is 33.2 Å². The lowest BCUT2D eigenvalue weighted by molar-refractivity contribution is -0.139. The summed E-state index contributed by atoms with van der Waals surface area (Å²) in [6.45, 7) is 10.8. The highest BCUT2D eigenvalue weighted by molar-refractivity contribution is 5.93. The number of Topliss-reactive ketones (excluding diaryl/α,β-unsaturated/α-hetero) is 1. The Balaban J connectivity index is 5.24. The molecule has 0 fully saturated rings. The average molecular weight is 347 g/mol. The molecule has 0 heterocycles. The van der Waals surface area contributed by atoms with Gasteiger partial charge in [-0.25, -0.2) is 9.98 Å². The molecular formula is C19H29N3O3. The van der Waals surface area contributed by atoms with Gasteiger partial charge in [-0.2, -0.15) is 0 Å². The number of hydrogen-bond acceptors (Lipinski definition) is 6. The van der Waals surface area contributed by atoms with Crippen molar-refractivity contribution in [2.24, 2.45) is 21.8 Å². The maximum atomic E-state index is 11.6. The molecule has 0 saturated carbocycles. The number of nitrogens with one attached hydrogen (secondary N) is 1. The first-order chi connectivity index (χ1) is 11.7. The molecule has 0 aliphatic rings. The van der Waals surface area contributed by atoms with Gasteiger partial charge in [-0.3, -0.25) is 9.59 Å². The Bertz CT molecular complexity index is 599. The van der Waals surface area contributed by atoms with E-state index in [2.05, 4.69) is 9.98 Å². The predicted octanol–water partition coefficient (Wildman–Crippen LogP) is 4.12. The van der Waals surface area contributed by atoms with E-state index in [9.17, 15) is 9.59 Å². The van der Waals surface area contributed by atoms with Crippen LogP contribution in [0, 0.1) is 17.2 Å². The summed E-state index contributed by atoms with van der Waals surface area (Å²) >= 11 is 0. The van der Waals surface area contributed by atoms with Crippen molar-refractivity contribution in [3.63, 3.8) is 0 Å². The number of carbonyl (C=O) groups excluding carboxylic acids is 2. The smallest absolute Gasteiger partial charge is 0.310 e. The lowest BCUT2D eigenvalue weighted by Gasteiger charge is -2.10. The molecule has 6 nitrogen and oxygen atoms in total. The number of hydrogen-bond donors (Lipinski definition) is 1. The standard InChI is InChI=1S/C19H29N3O3/c1-7-18(24)25-17(8-9-20)10-14(4)12-22-19(15(5)16(6)23)21-11-13(2)3/h8-9,11-14,20H,7,10H2,1-6H3/b17-8+,19-15-,20-9?,21-11?,22-12?. The Morgan fingerprint density at radius 1 is 1.12 bits per heavy atom. The van der Waals surface area contributed by atoms with Gasteiger partial charge in [-0.05, 0) is 31.8 Å². The largest absolute Gasteiger partial charge is 0.431 e. The van der Waals surface area contributed by atoms with Crippen LogP contribution in [0.1, 0.15) is 54.4 Å². The van der Waals surface area contributed by atoms with E-state index in [1.807, 2.05) is 20.8 Å². The minimum absolute atomic E-state index is 0.0557. The van der Waals surface area contributed by atoms with E-state index in [0.717, 1.165) is 6.21 Å². The third-order valence-corrected chi connectivity index (χ3v) is 3.14. The first kappa shape index (κ1) is 22.6. The van der Waals surface area contributed by atoms with Crippen molar-refractivity contribution >= 4 is 30.4 Å². The van der Waals surface area contributed by atoms with Crippen LogP contribution in [0.3, 0.4) is 0 Å². The molecule has 0 aromatic rings. The van der Waals surface area contributed by atoms with Gasteiger partial charge in [0.05, 0.1) is 0 Å². The quantitative estimate of drug-likeness (QED) is 0.279. The Kier molecular flexibility index (Phi) is 10.9. The van der Waals surface area contributed by atoms with Crippen LogP contribution in [-0.2, 0) is 14.3 Å².